The molecule has 1 atom stereocenters. The molecular formula is C22H29FN2O2S. The van der Waals surface area contributed by atoms with Gasteiger partial charge >= 0.3 is 0 Å². The maximum absolute atomic E-state index is 13.9. The van der Waals surface area contributed by atoms with Crippen LogP contribution in [0.25, 0.3) is 0 Å². The van der Waals surface area contributed by atoms with Gasteiger partial charge in [-0.15, -0.1) is 0 Å². The molecule has 2 aromatic carbocycles. The maximum Gasteiger partial charge on any atom is 0.264 e. The molecule has 0 saturated heterocycles. The minimum absolute atomic E-state index is 0.0339. The Bertz CT molecular complexity index is 915. The Labute approximate surface area is 167 Å². The molecule has 0 amide bonds. The first-order valence-electron chi connectivity index (χ1n) is 10.1. The van der Waals surface area contributed by atoms with Crippen molar-refractivity contribution in [1.29, 1.82) is 0 Å². The van der Waals surface area contributed by atoms with Crippen LogP contribution >= 0.6 is 0 Å². The average Bonchev–Trinajstić information content (AvgIpc) is 2.75. The number of anilines is 1. The van der Waals surface area contributed by atoms with Gasteiger partial charge in [0, 0.05) is 7.05 Å². The topological polar surface area (TPSA) is 49.4 Å². The summed E-state index contributed by atoms with van der Waals surface area (Å²) in [6, 6.07) is 11.3. The van der Waals surface area contributed by atoms with Crippen molar-refractivity contribution in [1.82, 2.24) is 5.32 Å². The third-order valence-corrected chi connectivity index (χ3v) is 7.22. The number of para-hydroxylation sites is 1. The minimum atomic E-state index is -3.82. The molecule has 3 rings (SSSR count). The van der Waals surface area contributed by atoms with E-state index in [-0.39, 0.29) is 10.9 Å². The summed E-state index contributed by atoms with van der Waals surface area (Å²) in [6.45, 7) is 2.99. The number of sulfonamides is 1. The summed E-state index contributed by atoms with van der Waals surface area (Å²) >= 11 is 0. The predicted molar refractivity (Wildman–Crippen MR) is 112 cm³/mol. The number of benzene rings is 2. The smallest absolute Gasteiger partial charge is 0.264 e. The summed E-state index contributed by atoms with van der Waals surface area (Å²) in [6.07, 6.45) is 7.15. The van der Waals surface area contributed by atoms with E-state index in [9.17, 15) is 12.8 Å². The fourth-order valence-corrected chi connectivity index (χ4v) is 5.27. The van der Waals surface area contributed by atoms with Crippen molar-refractivity contribution in [3.63, 3.8) is 0 Å². The second kappa shape index (κ2) is 9.05. The van der Waals surface area contributed by atoms with Gasteiger partial charge < -0.3 is 5.32 Å². The van der Waals surface area contributed by atoms with Crippen molar-refractivity contribution >= 4 is 15.7 Å². The third kappa shape index (κ3) is 4.23. The summed E-state index contributed by atoms with van der Waals surface area (Å²) in [4.78, 5) is 0.0339. The van der Waals surface area contributed by atoms with Crippen LogP contribution in [0.1, 0.15) is 62.6 Å². The molecule has 0 aliphatic carbocycles. The largest absolute Gasteiger partial charge is 0.306 e. The number of hydrogen-bond acceptors (Lipinski definition) is 3. The van der Waals surface area contributed by atoms with E-state index in [0.717, 1.165) is 31.0 Å². The van der Waals surface area contributed by atoms with Gasteiger partial charge in [0.1, 0.15) is 5.82 Å². The van der Waals surface area contributed by atoms with Gasteiger partial charge in [0.05, 0.1) is 16.6 Å². The molecule has 0 radical (unpaired) electrons. The molecule has 1 heterocycles. The number of hydrogen-bond donors (Lipinski definition) is 1. The van der Waals surface area contributed by atoms with Crippen LogP contribution in [0.3, 0.4) is 0 Å². The molecule has 2 aromatic rings. The van der Waals surface area contributed by atoms with Crippen LogP contribution in [0.5, 0.6) is 0 Å². The Hall–Kier alpha value is -1.92. The zero-order valence-electron chi connectivity index (χ0n) is 16.6. The third-order valence-electron chi connectivity index (χ3n) is 5.39. The zero-order chi connectivity index (χ0) is 20.1. The Balaban J connectivity index is 1.90. The van der Waals surface area contributed by atoms with Crippen molar-refractivity contribution in [2.45, 2.75) is 56.4 Å². The maximum atomic E-state index is 13.9. The van der Waals surface area contributed by atoms with E-state index in [1.54, 1.807) is 12.1 Å². The summed E-state index contributed by atoms with van der Waals surface area (Å²) in [5.74, 6) is -0.545. The molecule has 0 spiro atoms. The van der Waals surface area contributed by atoms with Crippen LogP contribution in [0.15, 0.2) is 47.4 Å². The molecule has 1 unspecified atom stereocenters. The lowest BCUT2D eigenvalue weighted by Gasteiger charge is -2.22. The van der Waals surface area contributed by atoms with Gasteiger partial charge in [-0.3, -0.25) is 4.31 Å². The molecule has 1 N–H and O–H groups in total. The first kappa shape index (κ1) is 20.8. The van der Waals surface area contributed by atoms with Gasteiger partial charge in [0.15, 0.2) is 0 Å². The number of halogens is 1. The molecule has 1 aliphatic rings. The number of nitrogens with zero attached hydrogens (tertiary/aromatic N) is 1. The van der Waals surface area contributed by atoms with E-state index >= 15 is 0 Å². The van der Waals surface area contributed by atoms with E-state index in [2.05, 4.69) is 12.2 Å². The van der Waals surface area contributed by atoms with E-state index in [4.69, 9.17) is 0 Å². The second-order valence-corrected chi connectivity index (χ2v) is 9.31. The van der Waals surface area contributed by atoms with Crippen LogP contribution in [-0.4, -0.2) is 22.0 Å². The summed E-state index contributed by atoms with van der Waals surface area (Å²) in [5.41, 5.74) is 2.12. The molecule has 0 saturated carbocycles. The number of fused-ring (bicyclic) bond motifs is 2. The van der Waals surface area contributed by atoms with Gasteiger partial charge in [0.2, 0.25) is 0 Å². The second-order valence-electron chi connectivity index (χ2n) is 7.37. The number of nitrogens with one attached hydrogen (secondary N) is 1. The molecule has 0 bridgehead atoms. The molecule has 1 aliphatic heterocycles. The van der Waals surface area contributed by atoms with Crippen LogP contribution in [0.2, 0.25) is 0 Å². The Kier molecular flexibility index (Phi) is 6.73. The molecule has 6 heteroatoms. The summed E-state index contributed by atoms with van der Waals surface area (Å²) in [5, 5.41) is 3.53. The van der Waals surface area contributed by atoms with Crippen molar-refractivity contribution in [2.24, 2.45) is 0 Å². The van der Waals surface area contributed by atoms with Gasteiger partial charge in [-0.2, -0.15) is 0 Å². The lowest BCUT2D eigenvalue weighted by Crippen LogP contribution is -2.26. The van der Waals surface area contributed by atoms with Crippen molar-refractivity contribution in [2.75, 3.05) is 17.9 Å². The number of unbranched alkanes of at least 4 members (excludes halogenated alkanes) is 5. The highest BCUT2D eigenvalue weighted by Gasteiger charge is 2.34. The Morgan fingerprint density at radius 2 is 1.71 bits per heavy atom. The summed E-state index contributed by atoms with van der Waals surface area (Å²) in [7, 11) is -2.29. The SMILES string of the molecule is CCCCCCCCNC1c2ccccc2N(C)S(=O)(=O)c2cc(F)ccc21. The van der Waals surface area contributed by atoms with Gasteiger partial charge in [-0.05, 0) is 42.3 Å². The number of rotatable bonds is 8. The van der Waals surface area contributed by atoms with E-state index in [1.807, 2.05) is 18.2 Å². The molecule has 28 heavy (non-hydrogen) atoms. The molecule has 0 aromatic heterocycles. The molecule has 152 valence electrons. The van der Waals surface area contributed by atoms with E-state index in [0.29, 0.717) is 11.3 Å². The first-order chi connectivity index (χ1) is 13.5. The monoisotopic (exact) mass is 404 g/mol. The minimum Gasteiger partial charge on any atom is -0.306 e. The van der Waals surface area contributed by atoms with Crippen LogP contribution in [0.4, 0.5) is 10.1 Å². The van der Waals surface area contributed by atoms with Crippen molar-refractivity contribution in [3.8, 4) is 0 Å². The van der Waals surface area contributed by atoms with E-state index < -0.39 is 15.8 Å². The van der Waals surface area contributed by atoms with E-state index in [1.165, 1.54) is 43.1 Å². The fourth-order valence-electron chi connectivity index (χ4n) is 3.80. The molecule has 0 fully saturated rings. The van der Waals surface area contributed by atoms with Crippen LogP contribution in [-0.2, 0) is 10.0 Å². The van der Waals surface area contributed by atoms with Crippen molar-refractivity contribution < 1.29 is 12.8 Å². The highest BCUT2D eigenvalue weighted by atomic mass is 32.2. The van der Waals surface area contributed by atoms with Crippen molar-refractivity contribution in [3.05, 3.63) is 59.4 Å². The quantitative estimate of drug-likeness (QED) is 0.630. The fraction of sp³-hybridized carbons (Fsp3) is 0.455. The standard InChI is InChI=1S/C22H29FN2O2S/c1-3-4-5-6-7-10-15-24-22-18-11-8-9-12-20(18)25(2)28(26,27)21-16-17(23)13-14-19(21)22/h8-9,11-14,16,22,24H,3-7,10,15H2,1-2H3. The Morgan fingerprint density at radius 1 is 1.00 bits per heavy atom. The molecule has 4 nitrogen and oxygen atoms in total. The highest BCUT2D eigenvalue weighted by molar-refractivity contribution is 7.92. The van der Waals surface area contributed by atoms with Gasteiger partial charge in [0.25, 0.3) is 10.0 Å². The predicted octanol–water partition coefficient (Wildman–Crippen LogP) is 5.00. The summed E-state index contributed by atoms with van der Waals surface area (Å²) < 4.78 is 41.3. The molecular weight excluding hydrogens is 375 g/mol. The highest BCUT2D eigenvalue weighted by Crippen LogP contribution is 2.40. The van der Waals surface area contributed by atoms with Crippen LogP contribution < -0.4 is 9.62 Å². The average molecular weight is 405 g/mol. The van der Waals surface area contributed by atoms with Gasteiger partial charge in [-0.25, -0.2) is 12.8 Å². The lowest BCUT2D eigenvalue weighted by atomic mass is 9.96. The lowest BCUT2D eigenvalue weighted by molar-refractivity contribution is 0.537. The van der Waals surface area contributed by atoms with Crippen LogP contribution in [0, 0.1) is 5.82 Å². The first-order valence-corrected chi connectivity index (χ1v) is 11.5. The normalized spacial score (nSPS) is 17.7. The zero-order valence-corrected chi connectivity index (χ0v) is 17.4. The Morgan fingerprint density at radius 3 is 2.50 bits per heavy atom. The van der Waals surface area contributed by atoms with Gasteiger partial charge in [-0.1, -0.05) is 63.3 Å².